The lowest BCUT2D eigenvalue weighted by Crippen LogP contribution is -2.22. The quantitative estimate of drug-likeness (QED) is 0.826. The first-order valence-corrected chi connectivity index (χ1v) is 9.41. The number of hydrogen-bond donors (Lipinski definition) is 1. The molecule has 1 N–H and O–H groups in total. The van der Waals surface area contributed by atoms with Gasteiger partial charge in [-0.3, -0.25) is 0 Å². The van der Waals surface area contributed by atoms with E-state index < -0.39 is 10.0 Å². The van der Waals surface area contributed by atoms with Crippen molar-refractivity contribution in [3.05, 3.63) is 50.6 Å². The van der Waals surface area contributed by atoms with E-state index in [4.69, 9.17) is 0 Å². The standard InChI is InChI=1S/C14H17BrN2O2S2/c1-17(2)21(18,19)13-6-3-11(4-7-13)9-16-10-12-5-8-14(15)20-12/h3-8,16H,9-10H2,1-2H3. The number of halogens is 1. The second-order valence-corrected chi connectivity index (χ2v) is 9.44. The highest BCUT2D eigenvalue weighted by Crippen LogP contribution is 2.21. The number of nitrogens with zero attached hydrogens (tertiary/aromatic N) is 1. The number of benzene rings is 1. The molecule has 0 amide bonds. The Kier molecular flexibility index (Phi) is 5.56. The fourth-order valence-corrected chi connectivity index (χ4v) is 4.12. The molecule has 0 unspecified atom stereocenters. The van der Waals surface area contributed by atoms with Crippen LogP contribution in [0.5, 0.6) is 0 Å². The molecule has 0 aliphatic carbocycles. The second-order valence-electron chi connectivity index (χ2n) is 4.74. The molecule has 1 aromatic heterocycles. The van der Waals surface area contributed by atoms with E-state index >= 15 is 0 Å². The molecular weight excluding hydrogens is 372 g/mol. The van der Waals surface area contributed by atoms with Gasteiger partial charge in [0.05, 0.1) is 8.68 Å². The molecule has 4 nitrogen and oxygen atoms in total. The summed E-state index contributed by atoms with van der Waals surface area (Å²) in [5, 5.41) is 3.34. The van der Waals surface area contributed by atoms with E-state index in [1.807, 2.05) is 18.2 Å². The van der Waals surface area contributed by atoms with Crippen molar-refractivity contribution in [1.29, 1.82) is 0 Å². The number of nitrogens with one attached hydrogen (secondary N) is 1. The van der Waals surface area contributed by atoms with Crippen molar-refractivity contribution in [1.82, 2.24) is 9.62 Å². The minimum absolute atomic E-state index is 0.318. The van der Waals surface area contributed by atoms with Gasteiger partial charge in [0.15, 0.2) is 0 Å². The fourth-order valence-electron chi connectivity index (χ4n) is 1.77. The van der Waals surface area contributed by atoms with Gasteiger partial charge in [-0.15, -0.1) is 11.3 Å². The van der Waals surface area contributed by atoms with Crippen LogP contribution in [0.25, 0.3) is 0 Å². The minimum atomic E-state index is -3.35. The van der Waals surface area contributed by atoms with Crippen LogP contribution < -0.4 is 5.32 Å². The van der Waals surface area contributed by atoms with E-state index in [0.717, 1.165) is 15.9 Å². The Hall–Kier alpha value is -0.730. The largest absolute Gasteiger partial charge is 0.308 e. The van der Waals surface area contributed by atoms with E-state index in [9.17, 15) is 8.42 Å². The Morgan fingerprint density at radius 2 is 1.76 bits per heavy atom. The SMILES string of the molecule is CN(C)S(=O)(=O)c1ccc(CNCc2ccc(Br)s2)cc1. The molecule has 1 heterocycles. The van der Waals surface area contributed by atoms with Gasteiger partial charge in [0.1, 0.15) is 0 Å². The van der Waals surface area contributed by atoms with Gasteiger partial charge in [0.25, 0.3) is 0 Å². The predicted molar refractivity (Wildman–Crippen MR) is 89.9 cm³/mol. The lowest BCUT2D eigenvalue weighted by molar-refractivity contribution is 0.520. The van der Waals surface area contributed by atoms with Gasteiger partial charge in [-0.1, -0.05) is 12.1 Å². The molecule has 2 rings (SSSR count). The second kappa shape index (κ2) is 7.02. The molecule has 21 heavy (non-hydrogen) atoms. The van der Waals surface area contributed by atoms with Crippen LogP contribution in [-0.4, -0.2) is 26.8 Å². The molecule has 0 radical (unpaired) electrons. The van der Waals surface area contributed by atoms with Crippen molar-refractivity contribution in [3.8, 4) is 0 Å². The number of sulfonamides is 1. The summed E-state index contributed by atoms with van der Waals surface area (Å²) in [6, 6.07) is 11.1. The summed E-state index contributed by atoms with van der Waals surface area (Å²) in [6.07, 6.45) is 0. The zero-order valence-electron chi connectivity index (χ0n) is 11.8. The minimum Gasteiger partial charge on any atom is -0.308 e. The highest BCUT2D eigenvalue weighted by Gasteiger charge is 2.16. The van der Waals surface area contributed by atoms with E-state index in [1.165, 1.54) is 23.3 Å². The zero-order chi connectivity index (χ0) is 15.5. The third kappa shape index (κ3) is 4.37. The smallest absolute Gasteiger partial charge is 0.242 e. The zero-order valence-corrected chi connectivity index (χ0v) is 15.1. The molecule has 0 fully saturated rings. The predicted octanol–water partition coefficient (Wildman–Crippen LogP) is 3.05. The monoisotopic (exact) mass is 388 g/mol. The molecule has 114 valence electrons. The van der Waals surface area contributed by atoms with Gasteiger partial charge >= 0.3 is 0 Å². The van der Waals surface area contributed by atoms with Gasteiger partial charge < -0.3 is 5.32 Å². The summed E-state index contributed by atoms with van der Waals surface area (Å²) in [5.41, 5.74) is 1.06. The number of thiophene rings is 1. The molecule has 0 atom stereocenters. The first-order valence-electron chi connectivity index (χ1n) is 6.36. The summed E-state index contributed by atoms with van der Waals surface area (Å²) in [4.78, 5) is 1.58. The summed E-state index contributed by atoms with van der Waals surface area (Å²) in [7, 11) is -0.282. The van der Waals surface area contributed by atoms with Gasteiger partial charge in [-0.25, -0.2) is 12.7 Å². The Balaban J connectivity index is 1.94. The average Bonchev–Trinajstić information content (AvgIpc) is 2.85. The van der Waals surface area contributed by atoms with E-state index in [0.29, 0.717) is 11.4 Å². The lowest BCUT2D eigenvalue weighted by Gasteiger charge is -2.11. The van der Waals surface area contributed by atoms with Crippen LogP contribution in [0.15, 0.2) is 45.1 Å². The third-order valence-corrected chi connectivity index (χ3v) is 6.41. The topological polar surface area (TPSA) is 49.4 Å². The van der Waals surface area contributed by atoms with Gasteiger partial charge in [0, 0.05) is 32.1 Å². The van der Waals surface area contributed by atoms with Crippen molar-refractivity contribution in [2.24, 2.45) is 0 Å². The summed E-state index contributed by atoms with van der Waals surface area (Å²) in [5.74, 6) is 0. The maximum Gasteiger partial charge on any atom is 0.242 e. The Morgan fingerprint density at radius 3 is 2.29 bits per heavy atom. The van der Waals surface area contributed by atoms with Crippen LogP contribution in [0, 0.1) is 0 Å². The van der Waals surface area contributed by atoms with Gasteiger partial charge in [-0.2, -0.15) is 0 Å². The van der Waals surface area contributed by atoms with Gasteiger partial charge in [0.2, 0.25) is 10.0 Å². The molecule has 2 aromatic rings. The maximum atomic E-state index is 12.0. The average molecular weight is 389 g/mol. The summed E-state index contributed by atoms with van der Waals surface area (Å²) >= 11 is 5.14. The summed E-state index contributed by atoms with van der Waals surface area (Å²) in [6.45, 7) is 1.51. The van der Waals surface area contributed by atoms with E-state index in [-0.39, 0.29) is 0 Å². The third-order valence-electron chi connectivity index (χ3n) is 2.96. The van der Waals surface area contributed by atoms with Crippen LogP contribution in [0.3, 0.4) is 0 Å². The van der Waals surface area contributed by atoms with Crippen LogP contribution in [0.2, 0.25) is 0 Å². The molecule has 1 aromatic carbocycles. The highest BCUT2D eigenvalue weighted by atomic mass is 79.9. The molecule has 0 spiro atoms. The fraction of sp³-hybridized carbons (Fsp3) is 0.286. The molecule has 7 heteroatoms. The van der Waals surface area contributed by atoms with Crippen molar-refractivity contribution < 1.29 is 8.42 Å². The van der Waals surface area contributed by atoms with Crippen molar-refractivity contribution in [2.75, 3.05) is 14.1 Å². The van der Waals surface area contributed by atoms with Gasteiger partial charge in [-0.05, 0) is 45.8 Å². The van der Waals surface area contributed by atoms with Crippen molar-refractivity contribution in [2.45, 2.75) is 18.0 Å². The number of rotatable bonds is 6. The number of hydrogen-bond acceptors (Lipinski definition) is 4. The van der Waals surface area contributed by atoms with Crippen LogP contribution in [0.1, 0.15) is 10.4 Å². The van der Waals surface area contributed by atoms with Crippen molar-refractivity contribution >= 4 is 37.3 Å². The molecule has 0 aliphatic heterocycles. The van der Waals surface area contributed by atoms with Crippen LogP contribution >= 0.6 is 27.3 Å². The Bertz CT molecular complexity index is 694. The van der Waals surface area contributed by atoms with E-state index in [1.54, 1.807) is 23.5 Å². The highest BCUT2D eigenvalue weighted by molar-refractivity contribution is 9.11. The maximum absolute atomic E-state index is 12.0. The van der Waals surface area contributed by atoms with E-state index in [2.05, 4.69) is 27.3 Å². The summed E-state index contributed by atoms with van der Waals surface area (Å²) < 4.78 is 26.2. The first-order chi connectivity index (χ1) is 9.89. The van der Waals surface area contributed by atoms with Crippen LogP contribution in [-0.2, 0) is 23.1 Å². The Labute approximate surface area is 138 Å². The molecular formula is C14H17BrN2O2S2. The molecule has 0 bridgehead atoms. The Morgan fingerprint density at radius 1 is 1.10 bits per heavy atom. The molecule has 0 saturated heterocycles. The molecule has 0 aliphatic rings. The van der Waals surface area contributed by atoms with Crippen LogP contribution in [0.4, 0.5) is 0 Å². The first kappa shape index (κ1) is 16.6. The normalized spacial score (nSPS) is 12.0. The van der Waals surface area contributed by atoms with Crippen molar-refractivity contribution in [3.63, 3.8) is 0 Å². The molecule has 0 saturated carbocycles. The lowest BCUT2D eigenvalue weighted by atomic mass is 10.2.